The van der Waals surface area contributed by atoms with E-state index in [1.165, 1.54) is 4.90 Å². The van der Waals surface area contributed by atoms with E-state index in [1.807, 2.05) is 11.8 Å². The molecule has 1 saturated heterocycles. The molecule has 15 heavy (non-hydrogen) atoms. The summed E-state index contributed by atoms with van der Waals surface area (Å²) in [7, 11) is 0. The van der Waals surface area contributed by atoms with Crippen LogP contribution in [0.1, 0.15) is 20.8 Å². The predicted molar refractivity (Wildman–Crippen MR) is 65.3 cm³/mol. The molecular weight excluding hydrogens is 204 g/mol. The van der Waals surface area contributed by atoms with Gasteiger partial charge >= 0.3 is 0 Å². The maximum absolute atomic E-state index is 5.82. The molecule has 0 saturated carbocycles. The van der Waals surface area contributed by atoms with E-state index < -0.39 is 0 Å². The van der Waals surface area contributed by atoms with Gasteiger partial charge < -0.3 is 4.74 Å². The van der Waals surface area contributed by atoms with E-state index in [9.17, 15) is 0 Å². The van der Waals surface area contributed by atoms with Gasteiger partial charge in [0.05, 0.1) is 12.2 Å². The van der Waals surface area contributed by atoms with Crippen LogP contribution in [0, 0.1) is 5.92 Å². The van der Waals surface area contributed by atoms with E-state index >= 15 is 0 Å². The van der Waals surface area contributed by atoms with Crippen LogP contribution in [-0.4, -0.2) is 17.5 Å². The smallest absolute Gasteiger partial charge is 0.0751 e. The predicted octanol–water partition coefficient (Wildman–Crippen LogP) is 3.59. The van der Waals surface area contributed by atoms with Crippen molar-refractivity contribution in [2.24, 2.45) is 5.92 Å². The van der Waals surface area contributed by atoms with Crippen LogP contribution in [0.25, 0.3) is 0 Å². The van der Waals surface area contributed by atoms with Crippen molar-refractivity contribution in [2.75, 3.05) is 6.61 Å². The van der Waals surface area contributed by atoms with E-state index in [2.05, 4.69) is 51.1 Å². The van der Waals surface area contributed by atoms with Crippen molar-refractivity contribution in [3.8, 4) is 0 Å². The fraction of sp³-hybridized carbons (Fsp3) is 0.538. The lowest BCUT2D eigenvalue weighted by atomic mass is 9.99. The lowest BCUT2D eigenvalue weighted by molar-refractivity contribution is 0.0377. The molecule has 1 aromatic rings. The molecule has 2 rings (SSSR count). The van der Waals surface area contributed by atoms with Crippen LogP contribution in [-0.2, 0) is 4.74 Å². The van der Waals surface area contributed by atoms with E-state index in [0.717, 1.165) is 6.61 Å². The number of thioether (sulfide) groups is 1. The summed E-state index contributed by atoms with van der Waals surface area (Å²) >= 11 is 1.94. The Labute approximate surface area is 96.2 Å². The van der Waals surface area contributed by atoms with Gasteiger partial charge in [-0.05, 0) is 31.9 Å². The highest BCUT2D eigenvalue weighted by Crippen LogP contribution is 2.41. The van der Waals surface area contributed by atoms with Gasteiger partial charge in [0.25, 0.3) is 0 Å². The van der Waals surface area contributed by atoms with Gasteiger partial charge in [0.15, 0.2) is 0 Å². The van der Waals surface area contributed by atoms with Gasteiger partial charge in [0.1, 0.15) is 0 Å². The summed E-state index contributed by atoms with van der Waals surface area (Å²) in [6.07, 6.45) is 0. The van der Waals surface area contributed by atoms with Crippen LogP contribution in [0.3, 0.4) is 0 Å². The third-order valence-electron chi connectivity index (χ3n) is 2.93. The maximum atomic E-state index is 5.82. The first-order valence-electron chi connectivity index (χ1n) is 5.45. The molecule has 1 aliphatic heterocycles. The molecule has 0 unspecified atom stereocenters. The van der Waals surface area contributed by atoms with Gasteiger partial charge in [-0.1, -0.05) is 25.1 Å². The number of rotatable bonds is 2. The molecule has 0 radical (unpaired) electrons. The molecule has 0 aliphatic carbocycles. The third-order valence-corrected chi connectivity index (χ3v) is 4.76. The first-order chi connectivity index (χ1) is 7.09. The molecule has 1 nitrogen and oxygen atoms in total. The zero-order valence-electron chi connectivity index (χ0n) is 9.57. The quantitative estimate of drug-likeness (QED) is 0.756. The molecule has 2 heteroatoms. The summed E-state index contributed by atoms with van der Waals surface area (Å²) in [4.78, 5) is 1.34. The molecule has 0 aromatic heterocycles. The van der Waals surface area contributed by atoms with Crippen molar-refractivity contribution < 1.29 is 4.74 Å². The molecule has 0 spiro atoms. The topological polar surface area (TPSA) is 9.23 Å². The Balaban J connectivity index is 2.11. The molecule has 0 bridgehead atoms. The van der Waals surface area contributed by atoms with Crippen LogP contribution in [0.5, 0.6) is 0 Å². The normalized spacial score (nSPS) is 29.3. The van der Waals surface area contributed by atoms with Gasteiger partial charge in [-0.2, -0.15) is 0 Å². The Morgan fingerprint density at radius 2 is 1.93 bits per heavy atom. The second kappa shape index (κ2) is 4.18. The highest BCUT2D eigenvalue weighted by molar-refractivity contribution is 8.00. The van der Waals surface area contributed by atoms with Crippen molar-refractivity contribution in [2.45, 2.75) is 36.5 Å². The van der Waals surface area contributed by atoms with E-state index in [4.69, 9.17) is 4.74 Å². The lowest BCUT2D eigenvalue weighted by Crippen LogP contribution is -2.31. The van der Waals surface area contributed by atoms with Gasteiger partial charge in [0, 0.05) is 10.1 Å². The average molecular weight is 222 g/mol. The van der Waals surface area contributed by atoms with Crippen molar-refractivity contribution in [1.82, 2.24) is 0 Å². The summed E-state index contributed by atoms with van der Waals surface area (Å²) in [5.41, 5.74) is -0.0000746. The summed E-state index contributed by atoms with van der Waals surface area (Å²) in [6, 6.07) is 10.6. The number of benzene rings is 1. The molecule has 1 aromatic carbocycles. The van der Waals surface area contributed by atoms with Crippen LogP contribution in [0.15, 0.2) is 35.2 Å². The van der Waals surface area contributed by atoms with E-state index in [-0.39, 0.29) is 5.60 Å². The Morgan fingerprint density at radius 3 is 2.47 bits per heavy atom. The highest BCUT2D eigenvalue weighted by atomic mass is 32.2. The fourth-order valence-corrected chi connectivity index (χ4v) is 3.37. The van der Waals surface area contributed by atoms with Crippen LogP contribution >= 0.6 is 11.8 Å². The van der Waals surface area contributed by atoms with Gasteiger partial charge in [-0.15, -0.1) is 11.8 Å². The zero-order valence-corrected chi connectivity index (χ0v) is 10.4. The highest BCUT2D eigenvalue weighted by Gasteiger charge is 2.41. The first-order valence-corrected chi connectivity index (χ1v) is 6.33. The standard InChI is InChI=1S/C13H18OS/c1-10-9-14-13(2,3)12(10)15-11-7-5-4-6-8-11/h4-8,10,12H,9H2,1-3H3/t10-,12+/m1/s1. The van der Waals surface area contributed by atoms with Gasteiger partial charge in [0.2, 0.25) is 0 Å². The summed E-state index contributed by atoms with van der Waals surface area (Å²) in [6.45, 7) is 7.54. The lowest BCUT2D eigenvalue weighted by Gasteiger charge is -2.27. The van der Waals surface area contributed by atoms with Crippen molar-refractivity contribution >= 4 is 11.8 Å². The molecule has 1 heterocycles. The Hall–Kier alpha value is -0.470. The minimum absolute atomic E-state index is 0.0000746. The summed E-state index contributed by atoms with van der Waals surface area (Å²) in [5, 5.41) is 0.555. The van der Waals surface area contributed by atoms with Crippen LogP contribution in [0.2, 0.25) is 0 Å². The summed E-state index contributed by atoms with van der Waals surface area (Å²) in [5.74, 6) is 0.630. The van der Waals surface area contributed by atoms with Crippen LogP contribution < -0.4 is 0 Å². The monoisotopic (exact) mass is 222 g/mol. The molecule has 1 fully saturated rings. The van der Waals surface area contributed by atoms with E-state index in [1.54, 1.807) is 0 Å². The second-order valence-corrected chi connectivity index (χ2v) is 5.96. The molecule has 2 atom stereocenters. The second-order valence-electron chi connectivity index (χ2n) is 4.74. The Morgan fingerprint density at radius 1 is 1.27 bits per heavy atom. The van der Waals surface area contributed by atoms with Crippen molar-refractivity contribution in [1.29, 1.82) is 0 Å². The molecule has 82 valence electrons. The molecule has 0 amide bonds. The van der Waals surface area contributed by atoms with Gasteiger partial charge in [-0.3, -0.25) is 0 Å². The largest absolute Gasteiger partial charge is 0.374 e. The Kier molecular flexibility index (Phi) is 3.08. The first kappa shape index (κ1) is 11.0. The molecular formula is C13H18OS. The minimum Gasteiger partial charge on any atom is -0.374 e. The number of ether oxygens (including phenoxy) is 1. The number of hydrogen-bond acceptors (Lipinski definition) is 2. The zero-order chi connectivity index (χ0) is 10.9. The summed E-state index contributed by atoms with van der Waals surface area (Å²) < 4.78 is 5.82. The van der Waals surface area contributed by atoms with E-state index in [0.29, 0.717) is 11.2 Å². The fourth-order valence-electron chi connectivity index (χ4n) is 2.10. The third kappa shape index (κ3) is 2.37. The average Bonchev–Trinajstić information content (AvgIpc) is 2.47. The molecule has 0 N–H and O–H groups in total. The minimum atomic E-state index is -0.0000746. The SMILES string of the molecule is C[C@@H]1COC(C)(C)[C@H]1Sc1ccccc1. The van der Waals surface area contributed by atoms with Crippen molar-refractivity contribution in [3.63, 3.8) is 0 Å². The van der Waals surface area contributed by atoms with Gasteiger partial charge in [-0.25, -0.2) is 0 Å². The number of hydrogen-bond donors (Lipinski definition) is 0. The maximum Gasteiger partial charge on any atom is 0.0751 e. The van der Waals surface area contributed by atoms with Crippen LogP contribution in [0.4, 0.5) is 0 Å². The van der Waals surface area contributed by atoms with Crippen molar-refractivity contribution in [3.05, 3.63) is 30.3 Å². The Bertz CT molecular complexity index is 321. The molecule has 1 aliphatic rings.